The number of carbonyl (C=O) groups excluding carboxylic acids is 1. The van der Waals surface area contributed by atoms with Gasteiger partial charge in [-0.3, -0.25) is 9.48 Å². The Kier molecular flexibility index (Phi) is 7.35. The predicted octanol–water partition coefficient (Wildman–Crippen LogP) is 3.98. The standard InChI is InChI=1S/C22H32N4O2.ClH/c1-15(2)18-13-17(24-26(18)22(3,4)5)21(27)25-12-11-23-14-19(25)16-9-7-8-10-20(16)28-6;/h7-10,13,15,19,23H,11-12,14H2,1-6H3;1H. The van der Waals surface area contributed by atoms with Gasteiger partial charge in [0.25, 0.3) is 5.91 Å². The van der Waals surface area contributed by atoms with Gasteiger partial charge in [0, 0.05) is 30.9 Å². The lowest BCUT2D eigenvalue weighted by Gasteiger charge is -2.36. The molecule has 1 aromatic carbocycles. The first kappa shape index (κ1) is 23.2. The first-order valence-electron chi connectivity index (χ1n) is 9.99. The number of nitrogens with one attached hydrogen (secondary N) is 1. The minimum absolute atomic E-state index is 0. The summed E-state index contributed by atoms with van der Waals surface area (Å²) in [4.78, 5) is 15.4. The molecule has 1 amide bonds. The number of amides is 1. The Morgan fingerprint density at radius 3 is 2.55 bits per heavy atom. The monoisotopic (exact) mass is 420 g/mol. The van der Waals surface area contributed by atoms with Crippen molar-refractivity contribution in [3.63, 3.8) is 0 Å². The quantitative estimate of drug-likeness (QED) is 0.812. The van der Waals surface area contributed by atoms with E-state index in [2.05, 4.69) is 39.9 Å². The van der Waals surface area contributed by atoms with E-state index in [0.717, 1.165) is 23.6 Å². The molecule has 0 radical (unpaired) electrons. The van der Waals surface area contributed by atoms with Gasteiger partial charge in [-0.15, -0.1) is 12.4 Å². The Balaban J connectivity index is 0.00000300. The lowest BCUT2D eigenvalue weighted by molar-refractivity contribution is 0.0624. The molecule has 1 unspecified atom stereocenters. The van der Waals surface area contributed by atoms with Gasteiger partial charge in [0.1, 0.15) is 5.75 Å². The Hall–Kier alpha value is -2.05. The second-order valence-corrected chi connectivity index (χ2v) is 8.65. The summed E-state index contributed by atoms with van der Waals surface area (Å²) in [5.74, 6) is 1.07. The molecule has 1 atom stereocenters. The molecule has 0 spiro atoms. The lowest BCUT2D eigenvalue weighted by Crippen LogP contribution is -2.49. The van der Waals surface area contributed by atoms with Gasteiger partial charge >= 0.3 is 0 Å². The summed E-state index contributed by atoms with van der Waals surface area (Å²) in [5.41, 5.74) is 2.44. The normalized spacial score (nSPS) is 17.2. The molecule has 1 saturated heterocycles. The van der Waals surface area contributed by atoms with E-state index in [-0.39, 0.29) is 29.9 Å². The van der Waals surface area contributed by atoms with Crippen molar-refractivity contribution in [2.45, 2.75) is 52.1 Å². The van der Waals surface area contributed by atoms with Crippen LogP contribution in [0.5, 0.6) is 5.75 Å². The number of benzene rings is 1. The van der Waals surface area contributed by atoms with E-state index in [1.165, 1.54) is 0 Å². The molecular formula is C22H33ClN4O2. The molecule has 2 aromatic rings. The fourth-order valence-electron chi connectivity index (χ4n) is 3.76. The number of hydrogen-bond donors (Lipinski definition) is 1. The van der Waals surface area contributed by atoms with Gasteiger partial charge < -0.3 is 15.0 Å². The Morgan fingerprint density at radius 2 is 1.97 bits per heavy atom. The third-order valence-corrected chi connectivity index (χ3v) is 5.19. The predicted molar refractivity (Wildman–Crippen MR) is 118 cm³/mol. The fourth-order valence-corrected chi connectivity index (χ4v) is 3.76. The molecule has 1 N–H and O–H groups in total. The SMILES string of the molecule is COc1ccccc1C1CNCCN1C(=O)c1cc(C(C)C)n(C(C)(C)C)n1.Cl. The summed E-state index contributed by atoms with van der Waals surface area (Å²) < 4.78 is 7.54. The highest BCUT2D eigenvalue weighted by Gasteiger charge is 2.33. The number of rotatable bonds is 4. The number of hydrogen-bond acceptors (Lipinski definition) is 4. The highest BCUT2D eigenvalue weighted by atomic mass is 35.5. The summed E-state index contributed by atoms with van der Waals surface area (Å²) >= 11 is 0. The van der Waals surface area contributed by atoms with Crippen LogP contribution in [0.1, 0.15) is 68.3 Å². The van der Waals surface area contributed by atoms with Crippen molar-refractivity contribution in [2.24, 2.45) is 0 Å². The van der Waals surface area contributed by atoms with Crippen molar-refractivity contribution < 1.29 is 9.53 Å². The Labute approximate surface area is 180 Å². The maximum absolute atomic E-state index is 13.5. The van der Waals surface area contributed by atoms with Gasteiger partial charge in [0.15, 0.2) is 5.69 Å². The lowest BCUT2D eigenvalue weighted by atomic mass is 10.0. The number of nitrogens with zero attached hydrogens (tertiary/aromatic N) is 3. The summed E-state index contributed by atoms with van der Waals surface area (Å²) in [5, 5.41) is 8.13. The van der Waals surface area contributed by atoms with Crippen LogP contribution >= 0.6 is 12.4 Å². The van der Waals surface area contributed by atoms with E-state index >= 15 is 0 Å². The first-order valence-corrected chi connectivity index (χ1v) is 9.99. The summed E-state index contributed by atoms with van der Waals surface area (Å²) in [7, 11) is 1.67. The fraction of sp³-hybridized carbons (Fsp3) is 0.545. The second-order valence-electron chi connectivity index (χ2n) is 8.65. The third kappa shape index (κ3) is 4.75. The van der Waals surface area contributed by atoms with Gasteiger partial charge in [-0.2, -0.15) is 5.10 Å². The van der Waals surface area contributed by atoms with Crippen molar-refractivity contribution in [3.8, 4) is 5.75 Å². The minimum Gasteiger partial charge on any atom is -0.496 e. The highest BCUT2D eigenvalue weighted by Crippen LogP contribution is 2.32. The van der Waals surface area contributed by atoms with Gasteiger partial charge in [0.05, 0.1) is 18.7 Å². The molecule has 1 fully saturated rings. The van der Waals surface area contributed by atoms with Crippen LogP contribution in [0, 0.1) is 0 Å². The molecule has 160 valence electrons. The van der Waals surface area contributed by atoms with E-state index in [1.54, 1.807) is 7.11 Å². The zero-order valence-corrected chi connectivity index (χ0v) is 19.0. The second kappa shape index (κ2) is 9.18. The van der Waals surface area contributed by atoms with E-state index < -0.39 is 0 Å². The van der Waals surface area contributed by atoms with Gasteiger partial charge in [0.2, 0.25) is 0 Å². The number of halogens is 1. The van der Waals surface area contributed by atoms with E-state index in [4.69, 9.17) is 9.84 Å². The largest absolute Gasteiger partial charge is 0.496 e. The Morgan fingerprint density at radius 1 is 1.28 bits per heavy atom. The summed E-state index contributed by atoms with van der Waals surface area (Å²) in [6.45, 7) is 12.7. The van der Waals surface area contributed by atoms with Crippen LogP contribution in [-0.4, -0.2) is 47.3 Å². The van der Waals surface area contributed by atoms with Crippen molar-refractivity contribution in [2.75, 3.05) is 26.7 Å². The number of aromatic nitrogens is 2. The van der Waals surface area contributed by atoms with Crippen LogP contribution in [0.3, 0.4) is 0 Å². The average Bonchev–Trinajstić information content (AvgIpc) is 3.14. The molecule has 1 aliphatic rings. The number of ether oxygens (including phenoxy) is 1. The molecule has 3 rings (SSSR count). The molecule has 29 heavy (non-hydrogen) atoms. The van der Waals surface area contributed by atoms with Crippen molar-refractivity contribution in [3.05, 3.63) is 47.3 Å². The molecule has 0 saturated carbocycles. The maximum Gasteiger partial charge on any atom is 0.274 e. The maximum atomic E-state index is 13.5. The first-order chi connectivity index (χ1) is 13.2. The van der Waals surface area contributed by atoms with E-state index in [1.807, 2.05) is 39.9 Å². The Bertz CT molecular complexity index is 842. The number of carbonyl (C=O) groups is 1. The smallest absolute Gasteiger partial charge is 0.274 e. The van der Waals surface area contributed by atoms with Crippen LogP contribution < -0.4 is 10.1 Å². The van der Waals surface area contributed by atoms with Crippen molar-refractivity contribution in [1.29, 1.82) is 0 Å². The molecule has 2 heterocycles. The van der Waals surface area contributed by atoms with Crippen LogP contribution in [0.2, 0.25) is 0 Å². The van der Waals surface area contributed by atoms with Crippen LogP contribution in [0.15, 0.2) is 30.3 Å². The van der Waals surface area contributed by atoms with Crippen LogP contribution in [0.25, 0.3) is 0 Å². The average molecular weight is 421 g/mol. The van der Waals surface area contributed by atoms with Gasteiger partial charge in [-0.05, 0) is 38.8 Å². The summed E-state index contributed by atoms with van der Waals surface area (Å²) in [6, 6.07) is 9.78. The van der Waals surface area contributed by atoms with Crippen LogP contribution in [0.4, 0.5) is 0 Å². The van der Waals surface area contributed by atoms with Gasteiger partial charge in [-0.1, -0.05) is 32.0 Å². The minimum atomic E-state index is -0.177. The van der Waals surface area contributed by atoms with E-state index in [9.17, 15) is 4.79 Å². The van der Waals surface area contributed by atoms with Crippen molar-refractivity contribution >= 4 is 18.3 Å². The molecule has 0 aliphatic carbocycles. The third-order valence-electron chi connectivity index (χ3n) is 5.19. The number of methoxy groups -OCH3 is 1. The zero-order chi connectivity index (χ0) is 20.5. The van der Waals surface area contributed by atoms with E-state index in [0.29, 0.717) is 24.7 Å². The number of para-hydroxylation sites is 1. The highest BCUT2D eigenvalue weighted by molar-refractivity contribution is 5.93. The molecule has 7 heteroatoms. The molecular weight excluding hydrogens is 388 g/mol. The molecule has 1 aliphatic heterocycles. The van der Waals surface area contributed by atoms with Gasteiger partial charge in [-0.25, -0.2) is 0 Å². The topological polar surface area (TPSA) is 59.4 Å². The zero-order valence-electron chi connectivity index (χ0n) is 18.2. The van der Waals surface area contributed by atoms with Crippen molar-refractivity contribution in [1.82, 2.24) is 20.0 Å². The molecule has 0 bridgehead atoms. The number of piperazine rings is 1. The molecule has 6 nitrogen and oxygen atoms in total. The summed E-state index contributed by atoms with van der Waals surface area (Å²) in [6.07, 6.45) is 0. The van der Waals surface area contributed by atoms with Crippen LogP contribution in [-0.2, 0) is 5.54 Å². The molecule has 1 aromatic heterocycles.